The summed E-state index contributed by atoms with van der Waals surface area (Å²) in [6.07, 6.45) is 10.5. The second kappa shape index (κ2) is 10.8. The summed E-state index contributed by atoms with van der Waals surface area (Å²) in [7, 11) is 0. The Morgan fingerprint density at radius 1 is 0.870 bits per heavy atom. The molecule has 2 heterocycles. The molecule has 2 aliphatic heterocycles. The quantitative estimate of drug-likeness (QED) is 0.834. The van der Waals surface area contributed by atoms with E-state index in [-0.39, 0.29) is 30.9 Å². The molecule has 1 unspecified atom stereocenters. The highest BCUT2D eigenvalue weighted by Gasteiger charge is 2.28. The Balaban J connectivity index is 0.00000132. The zero-order valence-electron chi connectivity index (χ0n) is 14.2. The van der Waals surface area contributed by atoms with Gasteiger partial charge in [0.05, 0.1) is 6.04 Å². The van der Waals surface area contributed by atoms with E-state index >= 15 is 0 Å². The van der Waals surface area contributed by atoms with Crippen molar-refractivity contribution in [3.8, 4) is 0 Å². The summed E-state index contributed by atoms with van der Waals surface area (Å²) in [6.45, 7) is 6.43. The predicted octanol–water partition coefficient (Wildman–Crippen LogP) is 2.70. The largest absolute Gasteiger partial charge is 0.340 e. The van der Waals surface area contributed by atoms with E-state index in [1.165, 1.54) is 45.2 Å². The van der Waals surface area contributed by atoms with Crippen molar-refractivity contribution in [3.05, 3.63) is 0 Å². The molecule has 3 aliphatic rings. The van der Waals surface area contributed by atoms with Gasteiger partial charge in [-0.05, 0) is 51.1 Å². The van der Waals surface area contributed by atoms with Gasteiger partial charge in [0, 0.05) is 26.2 Å². The first kappa shape index (κ1) is 21.0. The standard InChI is InChI=1S/C17H31N3O.2ClH/c21-17(16-8-4-9-18-16)20-11-5-10-19(12-13-20)14-15-6-2-1-3-7-15;;/h15-16,18H,1-14H2;2*1H. The summed E-state index contributed by atoms with van der Waals surface area (Å²) < 4.78 is 0. The van der Waals surface area contributed by atoms with E-state index in [0.29, 0.717) is 5.91 Å². The molecule has 4 nitrogen and oxygen atoms in total. The van der Waals surface area contributed by atoms with Gasteiger partial charge in [-0.2, -0.15) is 0 Å². The molecule has 1 saturated carbocycles. The van der Waals surface area contributed by atoms with Crippen LogP contribution in [0.1, 0.15) is 51.4 Å². The minimum absolute atomic E-state index is 0. The first-order valence-electron chi connectivity index (χ1n) is 9.07. The molecule has 0 bridgehead atoms. The van der Waals surface area contributed by atoms with Crippen LogP contribution in [0.15, 0.2) is 0 Å². The minimum atomic E-state index is 0. The number of nitrogens with one attached hydrogen (secondary N) is 1. The van der Waals surface area contributed by atoms with E-state index in [1.54, 1.807) is 0 Å². The highest BCUT2D eigenvalue weighted by atomic mass is 35.5. The second-order valence-corrected chi connectivity index (χ2v) is 7.13. The molecule has 0 radical (unpaired) electrons. The van der Waals surface area contributed by atoms with Crippen LogP contribution in [-0.2, 0) is 4.79 Å². The Morgan fingerprint density at radius 2 is 1.65 bits per heavy atom. The summed E-state index contributed by atoms with van der Waals surface area (Å²) in [5, 5.41) is 3.35. The van der Waals surface area contributed by atoms with Crippen molar-refractivity contribution < 1.29 is 4.79 Å². The van der Waals surface area contributed by atoms with Gasteiger partial charge in [-0.3, -0.25) is 4.79 Å². The predicted molar refractivity (Wildman–Crippen MR) is 99.7 cm³/mol. The Hall–Kier alpha value is -0.0300. The molecule has 0 aromatic heterocycles. The van der Waals surface area contributed by atoms with Crippen LogP contribution in [0.3, 0.4) is 0 Å². The number of nitrogens with zero attached hydrogens (tertiary/aromatic N) is 2. The number of carbonyl (C=O) groups is 1. The third-order valence-corrected chi connectivity index (χ3v) is 5.50. The number of hydrogen-bond donors (Lipinski definition) is 1. The maximum Gasteiger partial charge on any atom is 0.239 e. The average Bonchev–Trinajstić information content (AvgIpc) is 2.95. The fourth-order valence-electron chi connectivity index (χ4n) is 4.22. The maximum absolute atomic E-state index is 12.5. The van der Waals surface area contributed by atoms with E-state index in [2.05, 4.69) is 15.1 Å². The lowest BCUT2D eigenvalue weighted by Gasteiger charge is -2.29. The summed E-state index contributed by atoms with van der Waals surface area (Å²) in [6, 6.07) is 0.106. The van der Waals surface area contributed by atoms with Crippen molar-refractivity contribution in [2.24, 2.45) is 5.92 Å². The van der Waals surface area contributed by atoms with Crippen molar-refractivity contribution in [1.29, 1.82) is 0 Å². The third-order valence-electron chi connectivity index (χ3n) is 5.50. The normalized spacial score (nSPS) is 27.0. The fourth-order valence-corrected chi connectivity index (χ4v) is 4.22. The minimum Gasteiger partial charge on any atom is -0.340 e. The number of halogens is 2. The van der Waals surface area contributed by atoms with Crippen LogP contribution in [-0.4, -0.2) is 61.0 Å². The zero-order chi connectivity index (χ0) is 14.5. The van der Waals surface area contributed by atoms with Crippen LogP contribution < -0.4 is 5.32 Å². The zero-order valence-corrected chi connectivity index (χ0v) is 15.8. The average molecular weight is 366 g/mol. The van der Waals surface area contributed by atoms with Gasteiger partial charge in [0.15, 0.2) is 0 Å². The fraction of sp³-hybridized carbons (Fsp3) is 0.941. The molecule has 23 heavy (non-hydrogen) atoms. The van der Waals surface area contributed by atoms with E-state index in [9.17, 15) is 4.79 Å². The van der Waals surface area contributed by atoms with Gasteiger partial charge in [0.1, 0.15) is 0 Å². The Labute approximate surface area is 153 Å². The van der Waals surface area contributed by atoms with E-state index in [1.807, 2.05) is 0 Å². The van der Waals surface area contributed by atoms with Gasteiger partial charge in [-0.15, -0.1) is 24.8 Å². The molecule has 6 heteroatoms. The van der Waals surface area contributed by atoms with Crippen molar-refractivity contribution in [3.63, 3.8) is 0 Å². The molecule has 3 rings (SSSR count). The van der Waals surface area contributed by atoms with Crippen LogP contribution >= 0.6 is 24.8 Å². The van der Waals surface area contributed by atoms with Crippen LogP contribution in [0.2, 0.25) is 0 Å². The molecule has 1 amide bonds. The Bertz CT molecular complexity index is 345. The Morgan fingerprint density at radius 3 is 2.35 bits per heavy atom. The Kier molecular flexibility index (Phi) is 9.83. The molecule has 1 atom stereocenters. The molecule has 0 spiro atoms. The summed E-state index contributed by atoms with van der Waals surface area (Å²) in [5.41, 5.74) is 0. The van der Waals surface area contributed by atoms with Crippen LogP contribution in [0, 0.1) is 5.92 Å². The van der Waals surface area contributed by atoms with Gasteiger partial charge in [0.2, 0.25) is 5.91 Å². The molecule has 3 fully saturated rings. The van der Waals surface area contributed by atoms with Crippen molar-refractivity contribution in [2.45, 2.75) is 57.4 Å². The topological polar surface area (TPSA) is 35.6 Å². The third kappa shape index (κ3) is 6.08. The molecule has 1 aliphatic carbocycles. The smallest absolute Gasteiger partial charge is 0.239 e. The number of carbonyl (C=O) groups excluding carboxylic acids is 1. The lowest BCUT2D eigenvalue weighted by atomic mass is 9.89. The van der Waals surface area contributed by atoms with E-state index in [0.717, 1.165) is 51.4 Å². The molecule has 0 aromatic rings. The molecular formula is C17H33Cl2N3O. The monoisotopic (exact) mass is 365 g/mol. The lowest BCUT2D eigenvalue weighted by molar-refractivity contribution is -0.132. The molecule has 0 aromatic carbocycles. The number of hydrogen-bond acceptors (Lipinski definition) is 3. The summed E-state index contributed by atoms with van der Waals surface area (Å²) >= 11 is 0. The van der Waals surface area contributed by atoms with E-state index < -0.39 is 0 Å². The molecule has 2 saturated heterocycles. The van der Waals surface area contributed by atoms with Gasteiger partial charge in [0.25, 0.3) is 0 Å². The van der Waals surface area contributed by atoms with Crippen molar-refractivity contribution in [2.75, 3.05) is 39.3 Å². The highest BCUT2D eigenvalue weighted by Crippen LogP contribution is 2.24. The van der Waals surface area contributed by atoms with E-state index in [4.69, 9.17) is 0 Å². The van der Waals surface area contributed by atoms with Gasteiger partial charge in [-0.1, -0.05) is 19.3 Å². The van der Waals surface area contributed by atoms with Crippen molar-refractivity contribution in [1.82, 2.24) is 15.1 Å². The van der Waals surface area contributed by atoms with Gasteiger partial charge < -0.3 is 15.1 Å². The summed E-state index contributed by atoms with van der Waals surface area (Å²) in [4.78, 5) is 17.2. The van der Waals surface area contributed by atoms with Gasteiger partial charge in [-0.25, -0.2) is 0 Å². The maximum atomic E-state index is 12.5. The van der Waals surface area contributed by atoms with Crippen molar-refractivity contribution >= 4 is 30.7 Å². The highest BCUT2D eigenvalue weighted by molar-refractivity contribution is 5.85. The second-order valence-electron chi connectivity index (χ2n) is 7.13. The molecule has 136 valence electrons. The lowest BCUT2D eigenvalue weighted by Crippen LogP contribution is -2.45. The van der Waals surface area contributed by atoms with Crippen LogP contribution in [0.25, 0.3) is 0 Å². The SMILES string of the molecule is Cl.Cl.O=C(C1CCCN1)N1CCCN(CC2CCCCC2)CC1. The van der Waals surface area contributed by atoms with Crippen LogP contribution in [0.5, 0.6) is 0 Å². The number of rotatable bonds is 3. The first-order valence-corrected chi connectivity index (χ1v) is 9.07. The van der Waals surface area contributed by atoms with Crippen LogP contribution in [0.4, 0.5) is 0 Å². The van der Waals surface area contributed by atoms with Gasteiger partial charge >= 0.3 is 0 Å². The molecular weight excluding hydrogens is 333 g/mol. The number of amides is 1. The first-order chi connectivity index (χ1) is 10.3. The molecule has 1 N–H and O–H groups in total. The summed E-state index contributed by atoms with van der Waals surface area (Å²) in [5.74, 6) is 1.27.